The molecule has 86 valence electrons. The molecule has 1 aromatic heterocycles. The third-order valence-corrected chi connectivity index (χ3v) is 2.87. The monoisotopic (exact) mass is 221 g/mol. The summed E-state index contributed by atoms with van der Waals surface area (Å²) in [6, 6.07) is 3.48. The van der Waals surface area contributed by atoms with Crippen LogP contribution in [0, 0.1) is 5.92 Å². The lowest BCUT2D eigenvalue weighted by molar-refractivity contribution is 0.0571. The number of ether oxygens (including phenoxy) is 2. The highest BCUT2D eigenvalue weighted by Gasteiger charge is 2.33. The summed E-state index contributed by atoms with van der Waals surface area (Å²) in [7, 11) is 1.53. The Bertz CT molecular complexity index is 392. The fraction of sp³-hybridized carbons (Fsp3) is 0.500. The second-order valence-corrected chi connectivity index (χ2v) is 3.98. The summed E-state index contributed by atoms with van der Waals surface area (Å²) in [5.74, 6) is 0.678. The Morgan fingerprint density at radius 3 is 3.06 bits per heavy atom. The van der Waals surface area contributed by atoms with Crippen LogP contribution in [-0.2, 0) is 4.74 Å². The SMILES string of the molecule is COc1cccnc1C(=O)C1OCCC1C. The fourth-order valence-electron chi connectivity index (χ4n) is 1.91. The Morgan fingerprint density at radius 2 is 2.44 bits per heavy atom. The Kier molecular flexibility index (Phi) is 3.19. The first kappa shape index (κ1) is 11.1. The molecule has 1 saturated heterocycles. The number of carbonyl (C=O) groups is 1. The van der Waals surface area contributed by atoms with Crippen molar-refractivity contribution in [3.63, 3.8) is 0 Å². The van der Waals surface area contributed by atoms with E-state index in [-0.39, 0.29) is 17.8 Å². The summed E-state index contributed by atoms with van der Waals surface area (Å²) < 4.78 is 10.6. The van der Waals surface area contributed by atoms with E-state index in [1.165, 1.54) is 7.11 Å². The Morgan fingerprint density at radius 1 is 1.62 bits per heavy atom. The third-order valence-electron chi connectivity index (χ3n) is 2.87. The second kappa shape index (κ2) is 4.61. The number of aromatic nitrogens is 1. The molecule has 0 radical (unpaired) electrons. The van der Waals surface area contributed by atoms with Crippen LogP contribution in [0.4, 0.5) is 0 Å². The number of methoxy groups -OCH3 is 1. The van der Waals surface area contributed by atoms with Gasteiger partial charge in [-0.25, -0.2) is 4.98 Å². The van der Waals surface area contributed by atoms with Gasteiger partial charge in [-0.15, -0.1) is 0 Å². The van der Waals surface area contributed by atoms with Crippen LogP contribution in [-0.4, -0.2) is 30.6 Å². The average molecular weight is 221 g/mol. The van der Waals surface area contributed by atoms with Crippen LogP contribution in [0.2, 0.25) is 0 Å². The molecule has 1 aromatic rings. The number of pyridine rings is 1. The van der Waals surface area contributed by atoms with Crippen LogP contribution in [0.3, 0.4) is 0 Å². The van der Waals surface area contributed by atoms with E-state index >= 15 is 0 Å². The minimum atomic E-state index is -0.371. The molecule has 2 unspecified atom stereocenters. The van der Waals surface area contributed by atoms with Gasteiger partial charge in [-0.2, -0.15) is 0 Å². The molecule has 2 heterocycles. The normalized spacial score (nSPS) is 24.4. The molecular weight excluding hydrogens is 206 g/mol. The van der Waals surface area contributed by atoms with Crippen molar-refractivity contribution in [2.24, 2.45) is 5.92 Å². The van der Waals surface area contributed by atoms with Crippen LogP contribution < -0.4 is 4.74 Å². The van der Waals surface area contributed by atoms with Crippen molar-refractivity contribution < 1.29 is 14.3 Å². The summed E-state index contributed by atoms with van der Waals surface area (Å²) >= 11 is 0. The predicted octanol–water partition coefficient (Wildman–Crippen LogP) is 1.70. The highest BCUT2D eigenvalue weighted by Crippen LogP contribution is 2.26. The van der Waals surface area contributed by atoms with Crippen LogP contribution >= 0.6 is 0 Å². The summed E-state index contributed by atoms with van der Waals surface area (Å²) in [5, 5.41) is 0. The molecule has 1 aliphatic heterocycles. The van der Waals surface area contributed by atoms with Crippen molar-refractivity contribution >= 4 is 5.78 Å². The lowest BCUT2D eigenvalue weighted by Gasteiger charge is -2.14. The smallest absolute Gasteiger partial charge is 0.213 e. The van der Waals surface area contributed by atoms with Crippen molar-refractivity contribution in [2.45, 2.75) is 19.4 Å². The molecule has 1 aliphatic rings. The fourth-order valence-corrected chi connectivity index (χ4v) is 1.91. The van der Waals surface area contributed by atoms with E-state index < -0.39 is 0 Å². The highest BCUT2D eigenvalue weighted by atomic mass is 16.5. The predicted molar refractivity (Wildman–Crippen MR) is 58.6 cm³/mol. The zero-order valence-corrected chi connectivity index (χ0v) is 9.47. The molecule has 16 heavy (non-hydrogen) atoms. The summed E-state index contributed by atoms with van der Waals surface area (Å²) in [5.41, 5.74) is 0.365. The summed E-state index contributed by atoms with van der Waals surface area (Å²) in [4.78, 5) is 16.2. The molecule has 0 amide bonds. The van der Waals surface area contributed by atoms with Crippen molar-refractivity contribution in [3.05, 3.63) is 24.0 Å². The van der Waals surface area contributed by atoms with E-state index in [2.05, 4.69) is 4.98 Å². The van der Waals surface area contributed by atoms with Gasteiger partial charge in [-0.1, -0.05) is 6.92 Å². The zero-order valence-electron chi connectivity index (χ0n) is 9.47. The van der Waals surface area contributed by atoms with E-state index in [0.29, 0.717) is 18.1 Å². The molecule has 2 atom stereocenters. The number of rotatable bonds is 3. The van der Waals surface area contributed by atoms with Gasteiger partial charge in [-0.05, 0) is 24.5 Å². The van der Waals surface area contributed by atoms with Gasteiger partial charge in [0, 0.05) is 12.8 Å². The van der Waals surface area contributed by atoms with E-state index in [1.807, 2.05) is 6.92 Å². The molecular formula is C12H15NO3. The molecule has 0 bridgehead atoms. The maximum Gasteiger partial charge on any atom is 0.213 e. The molecule has 0 aromatic carbocycles. The van der Waals surface area contributed by atoms with Crippen molar-refractivity contribution in [2.75, 3.05) is 13.7 Å². The maximum absolute atomic E-state index is 12.2. The first-order chi connectivity index (χ1) is 7.74. The molecule has 0 aliphatic carbocycles. The van der Waals surface area contributed by atoms with E-state index in [4.69, 9.17) is 9.47 Å². The van der Waals surface area contributed by atoms with Gasteiger partial charge < -0.3 is 9.47 Å². The lowest BCUT2D eigenvalue weighted by atomic mass is 9.98. The van der Waals surface area contributed by atoms with Gasteiger partial charge >= 0.3 is 0 Å². The number of nitrogens with zero attached hydrogens (tertiary/aromatic N) is 1. The highest BCUT2D eigenvalue weighted by molar-refractivity contribution is 6.00. The standard InChI is InChI=1S/C12H15NO3/c1-8-5-7-16-12(8)11(14)10-9(15-2)4-3-6-13-10/h3-4,6,8,12H,5,7H2,1-2H3. The number of hydrogen-bond donors (Lipinski definition) is 0. The quantitative estimate of drug-likeness (QED) is 0.729. The third kappa shape index (κ3) is 1.93. The average Bonchev–Trinajstić information content (AvgIpc) is 2.74. The number of hydrogen-bond acceptors (Lipinski definition) is 4. The number of carbonyl (C=O) groups excluding carboxylic acids is 1. The van der Waals surface area contributed by atoms with Crippen molar-refractivity contribution in [1.29, 1.82) is 0 Å². The molecule has 0 N–H and O–H groups in total. The molecule has 4 heteroatoms. The molecule has 2 rings (SSSR count). The largest absolute Gasteiger partial charge is 0.494 e. The summed E-state index contributed by atoms with van der Waals surface area (Å²) in [6.45, 7) is 2.66. The van der Waals surface area contributed by atoms with E-state index in [1.54, 1.807) is 18.3 Å². The molecule has 4 nitrogen and oxygen atoms in total. The second-order valence-electron chi connectivity index (χ2n) is 3.98. The van der Waals surface area contributed by atoms with E-state index in [9.17, 15) is 4.79 Å². The lowest BCUT2D eigenvalue weighted by Crippen LogP contribution is -2.26. The minimum Gasteiger partial charge on any atom is -0.494 e. The van der Waals surface area contributed by atoms with Gasteiger partial charge in [-0.3, -0.25) is 4.79 Å². The van der Waals surface area contributed by atoms with Crippen LogP contribution in [0.1, 0.15) is 23.8 Å². The number of Topliss-reactive ketones (excluding diaryl/α,β-unsaturated/α-hetero) is 1. The Labute approximate surface area is 94.6 Å². The van der Waals surface area contributed by atoms with Gasteiger partial charge in [0.1, 0.15) is 11.9 Å². The van der Waals surface area contributed by atoms with Crippen molar-refractivity contribution in [1.82, 2.24) is 4.98 Å². The first-order valence-corrected chi connectivity index (χ1v) is 5.39. The van der Waals surface area contributed by atoms with Gasteiger partial charge in [0.2, 0.25) is 5.78 Å². The van der Waals surface area contributed by atoms with Gasteiger partial charge in [0.05, 0.1) is 7.11 Å². The molecule has 0 saturated carbocycles. The van der Waals surface area contributed by atoms with E-state index in [0.717, 1.165) is 6.42 Å². The van der Waals surface area contributed by atoms with Crippen LogP contribution in [0.25, 0.3) is 0 Å². The maximum atomic E-state index is 12.2. The minimum absolute atomic E-state index is 0.0811. The topological polar surface area (TPSA) is 48.4 Å². The molecule has 1 fully saturated rings. The van der Waals surface area contributed by atoms with Gasteiger partial charge in [0.25, 0.3) is 0 Å². The van der Waals surface area contributed by atoms with Crippen LogP contribution in [0.5, 0.6) is 5.75 Å². The van der Waals surface area contributed by atoms with Crippen molar-refractivity contribution in [3.8, 4) is 5.75 Å². The van der Waals surface area contributed by atoms with Gasteiger partial charge in [0.15, 0.2) is 5.69 Å². The first-order valence-electron chi connectivity index (χ1n) is 5.39. The Balaban J connectivity index is 2.26. The number of ketones is 1. The summed E-state index contributed by atoms with van der Waals surface area (Å²) in [6.07, 6.45) is 2.14. The zero-order chi connectivity index (χ0) is 11.5. The molecule has 0 spiro atoms. The van der Waals surface area contributed by atoms with Crippen LogP contribution in [0.15, 0.2) is 18.3 Å². The Hall–Kier alpha value is -1.42.